The molecule has 0 aliphatic heterocycles. The Labute approximate surface area is 128 Å². The third-order valence-corrected chi connectivity index (χ3v) is 3.72. The van der Waals surface area contributed by atoms with E-state index in [-0.39, 0.29) is 18.2 Å². The molecule has 0 unspecified atom stereocenters. The molecule has 1 N–H and O–H groups in total. The fraction of sp³-hybridized carbons (Fsp3) is 0.400. The van der Waals surface area contributed by atoms with E-state index in [9.17, 15) is 4.39 Å². The van der Waals surface area contributed by atoms with Gasteiger partial charge in [-0.25, -0.2) is 4.39 Å². The van der Waals surface area contributed by atoms with Crippen molar-refractivity contribution in [3.8, 4) is 5.75 Å². The highest BCUT2D eigenvalue weighted by Gasteiger charge is 2.15. The van der Waals surface area contributed by atoms with Crippen molar-refractivity contribution < 1.29 is 9.13 Å². The summed E-state index contributed by atoms with van der Waals surface area (Å²) in [6, 6.07) is 4.92. The first kappa shape index (κ1) is 15.8. The highest BCUT2D eigenvalue weighted by molar-refractivity contribution is 6.30. The highest BCUT2D eigenvalue weighted by atomic mass is 35.5. The molecule has 0 aliphatic rings. The van der Waals surface area contributed by atoms with Gasteiger partial charge in [0.25, 0.3) is 0 Å². The molecule has 114 valence electrons. The number of para-hydroxylation sites is 1. The molecule has 0 aliphatic carbocycles. The van der Waals surface area contributed by atoms with E-state index in [4.69, 9.17) is 16.3 Å². The van der Waals surface area contributed by atoms with E-state index >= 15 is 0 Å². The van der Waals surface area contributed by atoms with Gasteiger partial charge in [-0.2, -0.15) is 5.10 Å². The van der Waals surface area contributed by atoms with Crippen LogP contribution in [-0.4, -0.2) is 16.3 Å². The van der Waals surface area contributed by atoms with Crippen LogP contribution < -0.4 is 10.1 Å². The second-order valence-electron chi connectivity index (χ2n) is 4.78. The lowest BCUT2D eigenvalue weighted by Crippen LogP contribution is -2.13. The normalized spacial score (nSPS) is 10.9. The number of nitrogens with one attached hydrogen (secondary N) is 1. The number of rotatable bonds is 6. The van der Waals surface area contributed by atoms with Crippen LogP contribution in [0.25, 0.3) is 0 Å². The van der Waals surface area contributed by atoms with Crippen molar-refractivity contribution in [2.45, 2.75) is 27.0 Å². The summed E-state index contributed by atoms with van der Waals surface area (Å²) in [5.41, 5.74) is 2.35. The predicted molar refractivity (Wildman–Crippen MR) is 81.1 cm³/mol. The number of ether oxygens (including phenoxy) is 1. The fourth-order valence-electron chi connectivity index (χ4n) is 2.10. The zero-order valence-electron chi connectivity index (χ0n) is 12.4. The van der Waals surface area contributed by atoms with Gasteiger partial charge in [-0.3, -0.25) is 4.68 Å². The third-order valence-electron chi connectivity index (χ3n) is 3.24. The number of nitrogens with zero attached hydrogens (tertiary/aromatic N) is 2. The van der Waals surface area contributed by atoms with E-state index in [1.54, 1.807) is 17.8 Å². The van der Waals surface area contributed by atoms with Crippen molar-refractivity contribution in [3.05, 3.63) is 46.0 Å². The summed E-state index contributed by atoms with van der Waals surface area (Å²) in [6.45, 7) is 5.41. The molecule has 6 heteroatoms. The van der Waals surface area contributed by atoms with E-state index in [0.29, 0.717) is 11.7 Å². The minimum absolute atomic E-state index is 0.193. The van der Waals surface area contributed by atoms with Crippen molar-refractivity contribution in [1.29, 1.82) is 0 Å². The average molecular weight is 312 g/mol. The van der Waals surface area contributed by atoms with Crippen LogP contribution in [0.4, 0.5) is 4.39 Å². The largest absolute Gasteiger partial charge is 0.485 e. The number of benzene rings is 1. The molecule has 1 aromatic carbocycles. The molecule has 0 fully saturated rings. The second-order valence-corrected chi connectivity index (χ2v) is 5.13. The number of hydrogen-bond donors (Lipinski definition) is 1. The summed E-state index contributed by atoms with van der Waals surface area (Å²) < 4.78 is 21.2. The maximum atomic E-state index is 14.0. The highest BCUT2D eigenvalue weighted by Crippen LogP contribution is 2.26. The molecule has 2 aromatic rings. The van der Waals surface area contributed by atoms with Crippen molar-refractivity contribution in [2.75, 3.05) is 6.54 Å². The van der Waals surface area contributed by atoms with E-state index in [1.807, 2.05) is 19.9 Å². The Bertz CT molecular complexity index is 628. The Balaban J connectivity index is 2.19. The molecule has 2 rings (SSSR count). The topological polar surface area (TPSA) is 39.1 Å². The summed E-state index contributed by atoms with van der Waals surface area (Å²) in [6.07, 6.45) is 0. The minimum atomic E-state index is -0.372. The van der Waals surface area contributed by atoms with Crippen LogP contribution in [-0.2, 0) is 20.2 Å². The van der Waals surface area contributed by atoms with Crippen molar-refractivity contribution >= 4 is 11.6 Å². The standard InChI is InChI=1S/C15H19ClFN3O/c1-4-18-8-11-6-5-7-13(17)14(11)21-9-12-10(2)19-20(3)15(12)16/h5-7,18H,4,8-9H2,1-3H3. The smallest absolute Gasteiger partial charge is 0.165 e. The summed E-state index contributed by atoms with van der Waals surface area (Å²) in [4.78, 5) is 0. The first-order chi connectivity index (χ1) is 10.0. The Hall–Kier alpha value is -1.59. The van der Waals surface area contributed by atoms with Gasteiger partial charge >= 0.3 is 0 Å². The molecule has 0 spiro atoms. The fourth-order valence-corrected chi connectivity index (χ4v) is 2.33. The molecule has 0 saturated carbocycles. The molecule has 1 aromatic heterocycles. The molecule has 0 bridgehead atoms. The monoisotopic (exact) mass is 311 g/mol. The number of hydrogen-bond acceptors (Lipinski definition) is 3. The Morgan fingerprint density at radius 2 is 2.19 bits per heavy atom. The van der Waals surface area contributed by atoms with Gasteiger partial charge in [0.1, 0.15) is 11.8 Å². The summed E-state index contributed by atoms with van der Waals surface area (Å²) in [5.74, 6) is -0.110. The third kappa shape index (κ3) is 3.54. The van der Waals surface area contributed by atoms with E-state index in [2.05, 4.69) is 10.4 Å². The Morgan fingerprint density at radius 3 is 2.81 bits per heavy atom. The van der Waals surface area contributed by atoms with E-state index < -0.39 is 0 Å². The molecule has 0 saturated heterocycles. The average Bonchev–Trinajstić information content (AvgIpc) is 2.69. The SMILES string of the molecule is CCNCc1cccc(F)c1OCc1c(C)nn(C)c1Cl. The molecule has 4 nitrogen and oxygen atoms in total. The van der Waals surface area contributed by atoms with Crippen molar-refractivity contribution in [1.82, 2.24) is 15.1 Å². The van der Waals surface area contributed by atoms with Gasteiger partial charge < -0.3 is 10.1 Å². The van der Waals surface area contributed by atoms with Gasteiger partial charge in [0.05, 0.1) is 5.69 Å². The van der Waals surface area contributed by atoms with E-state index in [1.165, 1.54) is 6.07 Å². The second kappa shape index (κ2) is 6.91. The maximum absolute atomic E-state index is 14.0. The number of halogens is 2. The zero-order chi connectivity index (χ0) is 15.4. The molecule has 0 atom stereocenters. The number of aryl methyl sites for hydroxylation is 2. The molecule has 21 heavy (non-hydrogen) atoms. The van der Waals surface area contributed by atoms with Crippen LogP contribution >= 0.6 is 11.6 Å². The Kier molecular flexibility index (Phi) is 5.20. The van der Waals surface area contributed by atoms with Crippen LogP contribution in [0, 0.1) is 12.7 Å². The van der Waals surface area contributed by atoms with Crippen LogP contribution in [0.5, 0.6) is 5.75 Å². The lowest BCUT2D eigenvalue weighted by Gasteiger charge is -2.12. The van der Waals surface area contributed by atoms with Crippen LogP contribution in [0.15, 0.2) is 18.2 Å². The van der Waals surface area contributed by atoms with Gasteiger partial charge in [0.2, 0.25) is 0 Å². The van der Waals surface area contributed by atoms with Gasteiger partial charge in [-0.1, -0.05) is 30.7 Å². The molecule has 0 radical (unpaired) electrons. The zero-order valence-corrected chi connectivity index (χ0v) is 13.2. The van der Waals surface area contributed by atoms with Crippen LogP contribution in [0.3, 0.4) is 0 Å². The van der Waals surface area contributed by atoms with Crippen LogP contribution in [0.2, 0.25) is 5.15 Å². The summed E-state index contributed by atoms with van der Waals surface area (Å²) in [7, 11) is 1.76. The minimum Gasteiger partial charge on any atom is -0.485 e. The first-order valence-corrected chi connectivity index (χ1v) is 7.21. The van der Waals surface area contributed by atoms with Gasteiger partial charge in [0, 0.05) is 24.7 Å². The predicted octanol–water partition coefficient (Wildman–Crippen LogP) is 3.21. The van der Waals surface area contributed by atoms with Gasteiger partial charge in [-0.05, 0) is 19.5 Å². The van der Waals surface area contributed by atoms with Gasteiger partial charge in [0.15, 0.2) is 11.6 Å². The maximum Gasteiger partial charge on any atom is 0.165 e. The quantitative estimate of drug-likeness (QED) is 0.890. The molecular formula is C15H19ClFN3O. The lowest BCUT2D eigenvalue weighted by atomic mass is 10.2. The molecule has 1 heterocycles. The number of aromatic nitrogens is 2. The Morgan fingerprint density at radius 1 is 1.43 bits per heavy atom. The van der Waals surface area contributed by atoms with Gasteiger partial charge in [-0.15, -0.1) is 0 Å². The van der Waals surface area contributed by atoms with Crippen molar-refractivity contribution in [2.24, 2.45) is 7.05 Å². The van der Waals surface area contributed by atoms with Crippen LogP contribution in [0.1, 0.15) is 23.7 Å². The molecule has 0 amide bonds. The summed E-state index contributed by atoms with van der Waals surface area (Å²) >= 11 is 6.16. The molecular weight excluding hydrogens is 293 g/mol. The summed E-state index contributed by atoms with van der Waals surface area (Å²) in [5, 5.41) is 7.90. The van der Waals surface area contributed by atoms with Crippen molar-refractivity contribution in [3.63, 3.8) is 0 Å². The van der Waals surface area contributed by atoms with E-state index in [0.717, 1.165) is 23.4 Å². The first-order valence-electron chi connectivity index (χ1n) is 6.83. The lowest BCUT2D eigenvalue weighted by molar-refractivity contribution is 0.285.